The van der Waals surface area contributed by atoms with Gasteiger partial charge >= 0.3 is 6.09 Å². The van der Waals surface area contributed by atoms with Crippen LogP contribution in [0.15, 0.2) is 66.9 Å². The molecule has 2 aromatic carbocycles. The smallest absolute Gasteiger partial charge is 0.407 e. The van der Waals surface area contributed by atoms with Crippen molar-refractivity contribution >= 4 is 47.4 Å². The summed E-state index contributed by atoms with van der Waals surface area (Å²) in [6, 6.07) is 12.2. The maximum Gasteiger partial charge on any atom is 0.407 e. The number of imide groups is 1. The number of benzene rings is 2. The van der Waals surface area contributed by atoms with Crippen molar-refractivity contribution < 1.29 is 80.2 Å². The van der Waals surface area contributed by atoms with E-state index in [-0.39, 0.29) is 73.8 Å². The van der Waals surface area contributed by atoms with Crippen molar-refractivity contribution in [3.05, 3.63) is 89.9 Å². The SMILES string of the molecule is CC(C)(C)OC(=O)NCCCN(C(=O)CSCCNC(=O)CCOCCOCCOCCOCCOCCOCCOCCOCCNC(=O)CCN1C(=O)C=CC1=O)[C@@H](c1nc(-c2cc(F)ccc2F)cn1Cc1ccccc1)C(C)(C)C. The van der Waals surface area contributed by atoms with Crippen molar-refractivity contribution in [3.63, 3.8) is 0 Å². The summed E-state index contributed by atoms with van der Waals surface area (Å²) in [5, 5.41) is 8.33. The van der Waals surface area contributed by atoms with E-state index >= 15 is 4.39 Å². The predicted molar refractivity (Wildman–Crippen MR) is 311 cm³/mol. The van der Waals surface area contributed by atoms with Crippen molar-refractivity contribution in [1.82, 2.24) is 35.3 Å². The minimum atomic E-state index is -0.688. The highest BCUT2D eigenvalue weighted by atomic mass is 32.2. The Labute approximate surface area is 496 Å². The van der Waals surface area contributed by atoms with E-state index in [4.69, 9.17) is 47.6 Å². The normalized spacial score (nSPS) is 12.9. The van der Waals surface area contributed by atoms with Gasteiger partial charge in [0.05, 0.1) is 123 Å². The van der Waals surface area contributed by atoms with Gasteiger partial charge in [0.25, 0.3) is 11.8 Å². The van der Waals surface area contributed by atoms with Gasteiger partial charge in [-0.25, -0.2) is 18.6 Å². The Morgan fingerprint density at radius 2 is 1.17 bits per heavy atom. The van der Waals surface area contributed by atoms with Crippen LogP contribution >= 0.6 is 11.8 Å². The average molecular weight is 1200 g/mol. The second kappa shape index (κ2) is 39.7. The number of imidazole rings is 1. The van der Waals surface area contributed by atoms with E-state index < -0.39 is 46.6 Å². The van der Waals surface area contributed by atoms with E-state index in [2.05, 4.69) is 16.0 Å². The van der Waals surface area contributed by atoms with E-state index in [1.807, 2.05) is 55.7 Å². The Kier molecular flexibility index (Phi) is 33.3. The summed E-state index contributed by atoms with van der Waals surface area (Å²) in [7, 11) is 0. The van der Waals surface area contributed by atoms with Gasteiger partial charge in [0.1, 0.15) is 23.1 Å². The number of hydrogen-bond donors (Lipinski definition) is 3. The minimum Gasteiger partial charge on any atom is -0.444 e. The molecule has 4 rings (SSSR count). The zero-order valence-corrected chi connectivity index (χ0v) is 50.4. The zero-order valence-electron chi connectivity index (χ0n) is 49.6. The first kappa shape index (κ1) is 70.6. The highest BCUT2D eigenvalue weighted by molar-refractivity contribution is 7.99. The van der Waals surface area contributed by atoms with Crippen LogP contribution in [0.4, 0.5) is 13.6 Å². The fraction of sp³-hybridized carbons (Fsp3) is 0.610. The molecule has 3 aromatic rings. The number of alkyl carbamates (subject to hydrolysis) is 1. The lowest BCUT2D eigenvalue weighted by Crippen LogP contribution is -2.45. The Morgan fingerprint density at radius 1 is 0.643 bits per heavy atom. The van der Waals surface area contributed by atoms with Crippen LogP contribution in [0.2, 0.25) is 0 Å². The highest BCUT2D eigenvalue weighted by Gasteiger charge is 2.38. The van der Waals surface area contributed by atoms with Crippen molar-refractivity contribution in [2.75, 3.05) is 150 Å². The molecule has 0 radical (unpaired) electrons. The highest BCUT2D eigenvalue weighted by Crippen LogP contribution is 2.40. The van der Waals surface area contributed by atoms with Gasteiger partial charge < -0.3 is 68.0 Å². The fourth-order valence-electron chi connectivity index (χ4n) is 8.14. The minimum absolute atomic E-state index is 0.00101. The maximum absolute atomic E-state index is 15.3. The van der Waals surface area contributed by atoms with E-state index in [0.717, 1.165) is 28.7 Å². The molecule has 84 heavy (non-hydrogen) atoms. The first-order valence-corrected chi connectivity index (χ1v) is 29.6. The summed E-state index contributed by atoms with van der Waals surface area (Å²) in [6.07, 6.45) is 4.05. The van der Waals surface area contributed by atoms with Gasteiger partial charge in [0.15, 0.2) is 0 Å². The quantitative estimate of drug-likeness (QED) is 0.0467. The molecule has 0 spiro atoms. The molecule has 1 aliphatic heterocycles. The van der Waals surface area contributed by atoms with Gasteiger partial charge in [0.2, 0.25) is 17.7 Å². The lowest BCUT2D eigenvalue weighted by Gasteiger charge is -2.40. The lowest BCUT2D eigenvalue weighted by molar-refractivity contribution is -0.137. The molecular formula is C59H87F2N7O15S. The lowest BCUT2D eigenvalue weighted by atomic mass is 9.84. The third-order valence-electron chi connectivity index (χ3n) is 12.1. The molecule has 0 aliphatic carbocycles. The Bertz CT molecular complexity index is 2460. The number of ether oxygens (including phenoxy) is 9. The predicted octanol–water partition coefficient (Wildman–Crippen LogP) is 5.51. The number of aromatic nitrogens is 2. The Hall–Kier alpha value is -5.90. The molecule has 468 valence electrons. The van der Waals surface area contributed by atoms with Crippen LogP contribution in [0.25, 0.3) is 11.3 Å². The third-order valence-corrected chi connectivity index (χ3v) is 13.0. The number of halogens is 2. The van der Waals surface area contributed by atoms with E-state index in [1.165, 1.54) is 23.9 Å². The largest absolute Gasteiger partial charge is 0.444 e. The molecule has 1 aromatic heterocycles. The van der Waals surface area contributed by atoms with Gasteiger partial charge in [0, 0.05) is 81.8 Å². The fourth-order valence-corrected chi connectivity index (χ4v) is 8.87. The third kappa shape index (κ3) is 29.3. The van der Waals surface area contributed by atoms with Crippen molar-refractivity contribution in [2.45, 2.75) is 79.0 Å². The van der Waals surface area contributed by atoms with Gasteiger partial charge in [-0.3, -0.25) is 28.9 Å². The van der Waals surface area contributed by atoms with Crippen LogP contribution in [0, 0.1) is 17.0 Å². The van der Waals surface area contributed by atoms with Gasteiger partial charge in [-0.05, 0) is 56.4 Å². The monoisotopic (exact) mass is 1200 g/mol. The van der Waals surface area contributed by atoms with Crippen LogP contribution < -0.4 is 16.0 Å². The molecule has 25 heteroatoms. The summed E-state index contributed by atoms with van der Waals surface area (Å²) >= 11 is 1.37. The molecule has 22 nitrogen and oxygen atoms in total. The van der Waals surface area contributed by atoms with Gasteiger partial charge in [-0.1, -0.05) is 51.1 Å². The number of nitrogens with one attached hydrogen (secondary N) is 3. The molecule has 0 saturated heterocycles. The first-order chi connectivity index (χ1) is 40.3. The standard InChI is InChI=1S/C59H87F2N7O15S/c1-58(2,3)55(56-65-49(47-41-46(60)13-14-48(47)61)43-66(56)42-45-11-8-7-9-12-45)68(22-10-19-64-57(74)83-59(4,5)6)54(73)44-84-40-21-63-51(70)18-24-75-26-28-77-30-32-79-34-36-81-38-39-82-37-35-80-33-31-78-29-27-76-25-20-62-50(69)17-23-67-52(71)15-16-53(67)72/h7-9,11-16,41,43,55H,10,17-40,42,44H2,1-6H3,(H,62,69)(H,63,70)(H,64,74)/t55-/m0/s1. The molecule has 0 bridgehead atoms. The zero-order chi connectivity index (χ0) is 61.0. The summed E-state index contributed by atoms with van der Waals surface area (Å²) in [6.45, 7) is 18.7. The van der Waals surface area contributed by atoms with Crippen LogP contribution in [-0.4, -0.2) is 211 Å². The first-order valence-electron chi connectivity index (χ1n) is 28.4. The summed E-state index contributed by atoms with van der Waals surface area (Å²) in [5.74, 6) is -1.70. The van der Waals surface area contributed by atoms with Crippen LogP contribution in [0.5, 0.6) is 0 Å². The summed E-state index contributed by atoms with van der Waals surface area (Å²) in [4.78, 5) is 82.2. The molecule has 6 amide bonds. The number of thioether (sulfide) groups is 1. The Balaban J connectivity index is 1.02. The van der Waals surface area contributed by atoms with Crippen LogP contribution in [0.1, 0.15) is 78.2 Å². The van der Waals surface area contributed by atoms with Crippen LogP contribution in [0.3, 0.4) is 0 Å². The molecule has 1 atom stereocenters. The van der Waals surface area contributed by atoms with Crippen LogP contribution in [-0.2, 0) is 73.1 Å². The summed E-state index contributed by atoms with van der Waals surface area (Å²) < 4.78 is 81.1. The number of amides is 6. The van der Waals surface area contributed by atoms with Gasteiger partial charge in [-0.2, -0.15) is 11.8 Å². The molecule has 1 aliphatic rings. The maximum atomic E-state index is 15.3. The number of rotatable bonds is 44. The number of hydrogen-bond acceptors (Lipinski definition) is 17. The van der Waals surface area contributed by atoms with Crippen molar-refractivity contribution in [3.8, 4) is 11.3 Å². The topological polar surface area (TPSA) is 246 Å². The van der Waals surface area contributed by atoms with Crippen molar-refractivity contribution in [1.29, 1.82) is 0 Å². The Morgan fingerprint density at radius 3 is 1.71 bits per heavy atom. The number of carbonyl (C=O) groups is 6. The van der Waals surface area contributed by atoms with E-state index in [0.29, 0.717) is 137 Å². The van der Waals surface area contributed by atoms with E-state index in [9.17, 15) is 33.2 Å². The molecular weight excluding hydrogens is 1120 g/mol. The van der Waals surface area contributed by atoms with E-state index in [1.54, 1.807) is 31.9 Å². The average Bonchev–Trinajstić information content (AvgIpc) is 2.37. The second-order valence-corrected chi connectivity index (χ2v) is 22.3. The summed E-state index contributed by atoms with van der Waals surface area (Å²) in [5.41, 5.74) is -0.132. The molecule has 3 N–H and O–H groups in total. The van der Waals surface area contributed by atoms with Crippen molar-refractivity contribution in [2.24, 2.45) is 5.41 Å². The molecule has 2 heterocycles. The number of nitrogens with zero attached hydrogens (tertiary/aromatic N) is 4. The molecule has 0 fully saturated rings. The number of carbonyl (C=O) groups excluding carboxylic acids is 6. The van der Waals surface area contributed by atoms with Gasteiger partial charge in [-0.15, -0.1) is 0 Å². The molecule has 0 saturated carbocycles. The molecule has 0 unspecified atom stereocenters. The second-order valence-electron chi connectivity index (χ2n) is 21.2.